The quantitative estimate of drug-likeness (QED) is 0.897. The van der Waals surface area contributed by atoms with E-state index in [-0.39, 0.29) is 24.5 Å². The second-order valence-corrected chi connectivity index (χ2v) is 5.87. The van der Waals surface area contributed by atoms with Crippen LogP contribution in [0.1, 0.15) is 31.2 Å². The van der Waals surface area contributed by atoms with Crippen molar-refractivity contribution in [1.29, 1.82) is 0 Å². The zero-order valence-corrected chi connectivity index (χ0v) is 12.7. The molecule has 2 rings (SSSR count). The predicted molar refractivity (Wildman–Crippen MR) is 79.6 cm³/mol. The second-order valence-electron chi connectivity index (χ2n) is 5.87. The number of urea groups is 1. The van der Waals surface area contributed by atoms with Crippen molar-refractivity contribution in [2.75, 3.05) is 26.2 Å². The topological polar surface area (TPSA) is 52.6 Å². The van der Waals surface area contributed by atoms with Gasteiger partial charge >= 0.3 is 6.03 Å². The van der Waals surface area contributed by atoms with Crippen LogP contribution < -0.4 is 5.32 Å². The van der Waals surface area contributed by atoms with E-state index in [0.717, 1.165) is 18.9 Å². The first kappa shape index (κ1) is 16.7. The van der Waals surface area contributed by atoms with E-state index in [1.54, 1.807) is 11.8 Å². The molecule has 6 heteroatoms. The van der Waals surface area contributed by atoms with Gasteiger partial charge in [0, 0.05) is 38.2 Å². The van der Waals surface area contributed by atoms with E-state index >= 15 is 0 Å². The van der Waals surface area contributed by atoms with Gasteiger partial charge in [-0.1, -0.05) is 13.0 Å². The lowest BCUT2D eigenvalue weighted by molar-refractivity contribution is 0.137. The van der Waals surface area contributed by atoms with Crippen molar-refractivity contribution in [3.05, 3.63) is 35.4 Å². The molecule has 0 aliphatic carbocycles. The summed E-state index contributed by atoms with van der Waals surface area (Å²) in [6.45, 7) is 3.49. The van der Waals surface area contributed by atoms with Gasteiger partial charge in [0.25, 0.3) is 0 Å². The third-order valence-corrected chi connectivity index (χ3v) is 4.21. The van der Waals surface area contributed by atoms with Gasteiger partial charge in [-0.15, -0.1) is 0 Å². The van der Waals surface area contributed by atoms with E-state index in [2.05, 4.69) is 5.32 Å². The fourth-order valence-electron chi connectivity index (χ4n) is 2.68. The lowest BCUT2D eigenvalue weighted by atomic mass is 9.98. The van der Waals surface area contributed by atoms with Crippen molar-refractivity contribution in [1.82, 2.24) is 10.2 Å². The number of carbonyl (C=O) groups is 1. The number of carbonyl (C=O) groups excluding carboxylic acids is 1. The Kier molecular flexibility index (Phi) is 5.71. The summed E-state index contributed by atoms with van der Waals surface area (Å²) in [6, 6.07) is 3.31. The molecule has 0 aromatic heterocycles. The maximum Gasteiger partial charge on any atom is 0.317 e. The maximum atomic E-state index is 13.7. The first-order chi connectivity index (χ1) is 10.5. The molecule has 22 heavy (non-hydrogen) atoms. The number of aliphatic hydroxyl groups is 1. The molecule has 2 N–H and O–H groups in total. The summed E-state index contributed by atoms with van der Waals surface area (Å²) in [5, 5.41) is 11.9. The molecular formula is C16H22F2N2O2. The zero-order chi connectivity index (χ0) is 16.1. The van der Waals surface area contributed by atoms with E-state index in [1.807, 2.05) is 0 Å². The summed E-state index contributed by atoms with van der Waals surface area (Å²) < 4.78 is 26.6. The van der Waals surface area contributed by atoms with Crippen LogP contribution in [0.15, 0.2) is 18.2 Å². The largest absolute Gasteiger partial charge is 0.396 e. The Hall–Kier alpha value is -1.69. The highest BCUT2D eigenvalue weighted by Gasteiger charge is 2.22. The molecule has 4 nitrogen and oxygen atoms in total. The predicted octanol–water partition coefficient (Wildman–Crippen LogP) is 2.48. The lowest BCUT2D eigenvalue weighted by Gasteiger charge is -2.31. The molecule has 1 unspecified atom stereocenters. The smallest absolute Gasteiger partial charge is 0.317 e. The number of amides is 2. The molecule has 1 aliphatic rings. The number of hydrogen-bond acceptors (Lipinski definition) is 2. The van der Waals surface area contributed by atoms with Crippen molar-refractivity contribution in [3.8, 4) is 0 Å². The molecule has 0 saturated carbocycles. The summed E-state index contributed by atoms with van der Waals surface area (Å²) in [7, 11) is 0. The Morgan fingerprint density at radius 2 is 2.09 bits per heavy atom. The van der Waals surface area contributed by atoms with Gasteiger partial charge in [0.1, 0.15) is 11.6 Å². The zero-order valence-electron chi connectivity index (χ0n) is 12.7. The standard InChI is InChI=1S/C16H22F2N2O2/c1-11(14-3-2-13(17)8-15(14)18)9-19-16(22)20-6-4-12(10-21)5-7-20/h2-3,8,11-12,21H,4-7,9-10H2,1H3,(H,19,22). The van der Waals surface area contributed by atoms with Gasteiger partial charge in [0.05, 0.1) is 0 Å². The van der Waals surface area contributed by atoms with Crippen molar-refractivity contribution < 1.29 is 18.7 Å². The number of nitrogens with one attached hydrogen (secondary N) is 1. The number of halogens is 2. The Morgan fingerprint density at radius 3 is 2.68 bits per heavy atom. The summed E-state index contributed by atoms with van der Waals surface area (Å²) in [5.74, 6) is -1.16. The number of rotatable bonds is 4. The SMILES string of the molecule is CC(CNC(=O)N1CCC(CO)CC1)c1ccc(F)cc1F. The van der Waals surface area contributed by atoms with Gasteiger partial charge in [-0.25, -0.2) is 13.6 Å². The molecule has 0 radical (unpaired) electrons. The molecule has 1 atom stereocenters. The highest BCUT2D eigenvalue weighted by atomic mass is 19.1. The van der Waals surface area contributed by atoms with Gasteiger partial charge in [-0.2, -0.15) is 0 Å². The summed E-state index contributed by atoms with van der Waals surface area (Å²) in [6.07, 6.45) is 1.60. The molecular weight excluding hydrogens is 290 g/mol. The maximum absolute atomic E-state index is 13.7. The number of nitrogens with zero attached hydrogens (tertiary/aromatic N) is 1. The average molecular weight is 312 g/mol. The first-order valence-electron chi connectivity index (χ1n) is 7.59. The van der Waals surface area contributed by atoms with Crippen LogP contribution in [0.5, 0.6) is 0 Å². The van der Waals surface area contributed by atoms with Gasteiger partial charge in [-0.3, -0.25) is 0 Å². The third-order valence-electron chi connectivity index (χ3n) is 4.21. The van der Waals surface area contributed by atoms with Crippen LogP contribution in [0.2, 0.25) is 0 Å². The highest BCUT2D eigenvalue weighted by Crippen LogP contribution is 2.20. The lowest BCUT2D eigenvalue weighted by Crippen LogP contribution is -2.45. The Balaban J connectivity index is 1.83. The van der Waals surface area contributed by atoms with E-state index in [1.165, 1.54) is 12.1 Å². The molecule has 122 valence electrons. The van der Waals surface area contributed by atoms with Crippen LogP contribution in [0.3, 0.4) is 0 Å². The molecule has 2 amide bonds. The van der Waals surface area contributed by atoms with Gasteiger partial charge in [0.2, 0.25) is 0 Å². The molecule has 0 bridgehead atoms. The summed E-state index contributed by atoms with van der Waals surface area (Å²) >= 11 is 0. The molecule has 1 saturated heterocycles. The van der Waals surface area contributed by atoms with E-state index in [0.29, 0.717) is 25.2 Å². The number of likely N-dealkylation sites (tertiary alicyclic amines) is 1. The van der Waals surface area contributed by atoms with Crippen LogP contribution in [0, 0.1) is 17.6 Å². The van der Waals surface area contributed by atoms with Gasteiger partial charge < -0.3 is 15.3 Å². The summed E-state index contributed by atoms with van der Waals surface area (Å²) in [5.41, 5.74) is 0.390. The molecule has 1 aromatic rings. The Bertz CT molecular complexity index is 517. The van der Waals surface area contributed by atoms with Crippen molar-refractivity contribution >= 4 is 6.03 Å². The van der Waals surface area contributed by atoms with E-state index in [9.17, 15) is 13.6 Å². The molecule has 1 fully saturated rings. The van der Waals surface area contributed by atoms with Crippen LogP contribution in [0.4, 0.5) is 13.6 Å². The Morgan fingerprint density at radius 1 is 1.41 bits per heavy atom. The number of benzene rings is 1. The molecule has 1 aliphatic heterocycles. The fraction of sp³-hybridized carbons (Fsp3) is 0.562. The molecule has 1 aromatic carbocycles. The normalized spacial score (nSPS) is 17.4. The van der Waals surface area contributed by atoms with Crippen LogP contribution in [-0.2, 0) is 0 Å². The van der Waals surface area contributed by atoms with Crippen LogP contribution >= 0.6 is 0 Å². The molecule has 0 spiro atoms. The second kappa shape index (κ2) is 7.54. The summed E-state index contributed by atoms with van der Waals surface area (Å²) in [4.78, 5) is 13.8. The van der Waals surface area contributed by atoms with Gasteiger partial charge in [-0.05, 0) is 30.4 Å². The monoisotopic (exact) mass is 312 g/mol. The highest BCUT2D eigenvalue weighted by molar-refractivity contribution is 5.74. The number of hydrogen-bond donors (Lipinski definition) is 2. The minimum atomic E-state index is -0.607. The third kappa shape index (κ3) is 4.16. The van der Waals surface area contributed by atoms with Crippen molar-refractivity contribution in [2.24, 2.45) is 5.92 Å². The molecule has 1 heterocycles. The van der Waals surface area contributed by atoms with Gasteiger partial charge in [0.15, 0.2) is 0 Å². The van der Waals surface area contributed by atoms with Crippen LogP contribution in [0.25, 0.3) is 0 Å². The van der Waals surface area contributed by atoms with Crippen molar-refractivity contribution in [3.63, 3.8) is 0 Å². The number of aliphatic hydroxyl groups excluding tert-OH is 1. The fourth-order valence-corrected chi connectivity index (χ4v) is 2.68. The first-order valence-corrected chi connectivity index (χ1v) is 7.59. The average Bonchev–Trinajstić information content (AvgIpc) is 2.52. The van der Waals surface area contributed by atoms with Crippen LogP contribution in [-0.4, -0.2) is 42.3 Å². The minimum Gasteiger partial charge on any atom is -0.396 e. The van der Waals surface area contributed by atoms with E-state index < -0.39 is 11.6 Å². The number of piperidine rings is 1. The van der Waals surface area contributed by atoms with E-state index in [4.69, 9.17) is 5.11 Å². The minimum absolute atomic E-state index is 0.163. The Labute approximate surface area is 129 Å². The van der Waals surface area contributed by atoms with Crippen molar-refractivity contribution in [2.45, 2.75) is 25.7 Å².